The van der Waals surface area contributed by atoms with Crippen LogP contribution in [0, 0.1) is 11.6 Å². The maximum absolute atomic E-state index is 16.0. The number of aliphatic hydroxyl groups excluding tert-OH is 1. The molecular weight excluding hydrogens is 853 g/mol. The Balaban J connectivity index is 0.725. The number of likely N-dealkylation sites (tertiary alicyclic amines) is 2. The van der Waals surface area contributed by atoms with E-state index in [1.165, 1.54) is 28.4 Å². The van der Waals surface area contributed by atoms with Crippen molar-refractivity contribution in [3.8, 4) is 11.1 Å². The van der Waals surface area contributed by atoms with E-state index in [4.69, 9.17) is 0 Å². The molecule has 3 aromatic carbocycles. The van der Waals surface area contributed by atoms with Crippen LogP contribution in [0.4, 0.5) is 19.6 Å². The Hall–Kier alpha value is -6.04. The number of imidazole rings is 1. The van der Waals surface area contributed by atoms with Gasteiger partial charge in [-0.2, -0.15) is 0 Å². The smallest absolute Gasteiger partial charge is 0.255 e. The molecule has 3 atom stereocenters. The average molecular weight is 904 g/mol. The zero-order valence-corrected chi connectivity index (χ0v) is 36.7. The largest absolute Gasteiger partial charge is 0.378 e. The lowest BCUT2D eigenvalue weighted by Crippen LogP contribution is -2.51. The van der Waals surface area contributed by atoms with E-state index in [0.29, 0.717) is 73.2 Å². The van der Waals surface area contributed by atoms with Gasteiger partial charge in [-0.1, -0.05) is 30.3 Å². The number of carbonyl (C=O) groups excluding carboxylic acids is 4. The van der Waals surface area contributed by atoms with Gasteiger partial charge in [-0.05, 0) is 116 Å². The Kier molecular flexibility index (Phi) is 11.9. The second-order valence-electron chi connectivity index (χ2n) is 17.9. The number of fused-ring (bicyclic) bond motifs is 2. The number of thiazole rings is 1. The highest BCUT2D eigenvalue weighted by molar-refractivity contribution is 7.13. The molecule has 65 heavy (non-hydrogen) atoms. The number of hydrogen-bond acceptors (Lipinski definition) is 10. The molecule has 7 heterocycles. The summed E-state index contributed by atoms with van der Waals surface area (Å²) < 4.78 is 33.3. The van der Waals surface area contributed by atoms with Gasteiger partial charge in [0, 0.05) is 60.1 Å². The number of amides is 4. The maximum atomic E-state index is 16.0. The van der Waals surface area contributed by atoms with Crippen LogP contribution in [0.3, 0.4) is 0 Å². The summed E-state index contributed by atoms with van der Waals surface area (Å²) in [5, 5.41) is 20.8. The first-order valence-electron chi connectivity index (χ1n) is 22.6. The van der Waals surface area contributed by atoms with Gasteiger partial charge in [-0.3, -0.25) is 29.4 Å². The highest BCUT2D eigenvalue weighted by Crippen LogP contribution is 2.39. The van der Waals surface area contributed by atoms with Crippen molar-refractivity contribution in [2.75, 3.05) is 43.4 Å². The van der Waals surface area contributed by atoms with Crippen molar-refractivity contribution in [1.29, 1.82) is 0 Å². The number of aromatic nitrogens is 3. The van der Waals surface area contributed by atoms with Gasteiger partial charge in [0.05, 0.1) is 31.2 Å². The molecule has 0 saturated carbocycles. The minimum absolute atomic E-state index is 0.0488. The second-order valence-corrected chi connectivity index (χ2v) is 18.8. The highest BCUT2D eigenvalue weighted by atomic mass is 32.1. The van der Waals surface area contributed by atoms with E-state index in [0.717, 1.165) is 61.9 Å². The Morgan fingerprint density at radius 2 is 1.66 bits per heavy atom. The molecule has 0 radical (unpaired) electrons. The van der Waals surface area contributed by atoms with Gasteiger partial charge in [0.2, 0.25) is 11.8 Å². The van der Waals surface area contributed by atoms with Gasteiger partial charge in [-0.15, -0.1) is 11.3 Å². The normalized spacial score (nSPS) is 21.0. The zero-order chi connectivity index (χ0) is 44.8. The monoisotopic (exact) mass is 903 g/mol. The van der Waals surface area contributed by atoms with Crippen LogP contribution < -0.4 is 16.0 Å². The Labute approximate surface area is 379 Å². The molecule has 5 aromatic rings. The molecule has 3 saturated heterocycles. The molecule has 17 heteroatoms. The van der Waals surface area contributed by atoms with Crippen LogP contribution in [0.5, 0.6) is 0 Å². The molecule has 14 nitrogen and oxygen atoms in total. The lowest BCUT2D eigenvalue weighted by atomic mass is 9.88. The van der Waals surface area contributed by atoms with Crippen LogP contribution >= 0.6 is 11.3 Å². The molecule has 2 aromatic heterocycles. The van der Waals surface area contributed by atoms with Crippen molar-refractivity contribution >= 4 is 45.8 Å². The molecule has 0 aliphatic carbocycles. The van der Waals surface area contributed by atoms with Crippen molar-refractivity contribution in [3.63, 3.8) is 0 Å². The SMILES string of the molecule is O=C1CC[C@@H](Nc2ccc(C3CCN(CC(=O)N4CCC(c5ccc(-c6cc(F)c7c(c6)C(=O)N(C(C(=O)Nc6nccs6)c6ncn8c6CCC8)C7)cc5)CC4)CC3)c(F)c2)C(O)N1. The Morgan fingerprint density at radius 3 is 2.40 bits per heavy atom. The van der Waals surface area contributed by atoms with Crippen molar-refractivity contribution in [1.82, 2.24) is 34.6 Å². The Bertz CT molecular complexity index is 2610. The summed E-state index contributed by atoms with van der Waals surface area (Å²) in [5.74, 6) is -1.46. The fourth-order valence-electron chi connectivity index (χ4n) is 10.4. The van der Waals surface area contributed by atoms with Crippen molar-refractivity contribution in [3.05, 3.63) is 118 Å². The molecule has 0 spiro atoms. The summed E-state index contributed by atoms with van der Waals surface area (Å²) in [6.07, 6.45) is 7.82. The predicted molar refractivity (Wildman–Crippen MR) is 240 cm³/mol. The van der Waals surface area contributed by atoms with Crippen molar-refractivity contribution in [2.45, 2.75) is 94.6 Å². The fourth-order valence-corrected chi connectivity index (χ4v) is 10.9. The Morgan fingerprint density at radius 1 is 0.877 bits per heavy atom. The standard InChI is InChI=1S/C48H51F2N9O5S/c49-37-23-32(22-35-36(37)25-59(47(35)64)44(46(63)55-48-51-15-21-65-48)43-40-2-1-16-58(40)27-52-43)29-5-3-28(4-6-29)30-13-19-57(20-14-30)42(61)26-56-17-11-31(12-18-56)34-8-7-33(24-38(34)50)53-39-9-10-41(60)54-45(39)62/h3-8,15,21-24,27,30-31,39,44-45,53,62H,1-2,9-14,16-20,25-26H2,(H,54,60)(H,51,55,63)/t39-,44?,45?/m1/s1. The highest BCUT2D eigenvalue weighted by Gasteiger charge is 2.42. The summed E-state index contributed by atoms with van der Waals surface area (Å²) in [5.41, 5.74) is 5.61. The first kappa shape index (κ1) is 42.9. The summed E-state index contributed by atoms with van der Waals surface area (Å²) in [6, 6.07) is 14.8. The molecule has 10 rings (SSSR count). The number of anilines is 2. The molecule has 4 N–H and O–H groups in total. The third-order valence-electron chi connectivity index (χ3n) is 14.0. The molecule has 2 unspecified atom stereocenters. The number of nitrogens with one attached hydrogen (secondary N) is 3. The topological polar surface area (TPSA) is 165 Å². The number of benzene rings is 3. The molecule has 5 aliphatic rings. The van der Waals surface area contributed by atoms with Crippen molar-refractivity contribution in [2.24, 2.45) is 0 Å². The molecule has 5 aliphatic heterocycles. The minimum Gasteiger partial charge on any atom is -0.378 e. The number of nitrogens with zero attached hydrogens (tertiary/aromatic N) is 6. The van der Waals surface area contributed by atoms with Crippen LogP contribution in [-0.2, 0) is 33.9 Å². The average Bonchev–Trinajstić information content (AvgIpc) is 4.13. The van der Waals surface area contributed by atoms with E-state index in [1.807, 2.05) is 39.8 Å². The van der Waals surface area contributed by atoms with Gasteiger partial charge >= 0.3 is 0 Å². The fraction of sp³-hybridized carbons (Fsp3) is 0.417. The molecule has 338 valence electrons. The predicted octanol–water partition coefficient (Wildman–Crippen LogP) is 6.16. The van der Waals surface area contributed by atoms with E-state index in [1.54, 1.807) is 30.0 Å². The number of hydrogen-bond donors (Lipinski definition) is 4. The van der Waals surface area contributed by atoms with Gasteiger partial charge in [0.1, 0.15) is 17.9 Å². The molecule has 3 fully saturated rings. The lowest BCUT2D eigenvalue weighted by Gasteiger charge is -2.36. The van der Waals surface area contributed by atoms with Crippen LogP contribution in [0.25, 0.3) is 11.1 Å². The van der Waals surface area contributed by atoms with Gasteiger partial charge in [0.15, 0.2) is 11.2 Å². The van der Waals surface area contributed by atoms with E-state index in [-0.39, 0.29) is 53.2 Å². The van der Waals surface area contributed by atoms with Gasteiger partial charge in [0.25, 0.3) is 11.8 Å². The number of piperidine rings is 3. The first-order valence-corrected chi connectivity index (χ1v) is 23.5. The summed E-state index contributed by atoms with van der Waals surface area (Å²) >= 11 is 1.28. The summed E-state index contributed by atoms with van der Waals surface area (Å²) in [7, 11) is 0. The third kappa shape index (κ3) is 8.76. The molecular formula is C48H51F2N9O5S. The van der Waals surface area contributed by atoms with Crippen LogP contribution in [-0.4, -0.2) is 103 Å². The number of rotatable bonds is 11. The van der Waals surface area contributed by atoms with Crippen LogP contribution in [0.2, 0.25) is 0 Å². The van der Waals surface area contributed by atoms with Crippen molar-refractivity contribution < 1.29 is 33.1 Å². The third-order valence-corrected chi connectivity index (χ3v) is 14.7. The second kappa shape index (κ2) is 18.1. The quantitative estimate of drug-likeness (QED) is 0.122. The first-order chi connectivity index (χ1) is 31.6. The zero-order valence-electron chi connectivity index (χ0n) is 35.8. The van der Waals surface area contributed by atoms with Crippen LogP contribution in [0.1, 0.15) is 101 Å². The maximum Gasteiger partial charge on any atom is 0.255 e. The number of aliphatic hydroxyl groups is 1. The summed E-state index contributed by atoms with van der Waals surface area (Å²) in [4.78, 5) is 67.3. The molecule has 4 amide bonds. The van der Waals surface area contributed by atoms with E-state index in [9.17, 15) is 24.3 Å². The van der Waals surface area contributed by atoms with Gasteiger partial charge in [-0.25, -0.2) is 18.7 Å². The number of aryl methyl sites for hydroxylation is 1. The minimum atomic E-state index is -1.06. The van der Waals surface area contributed by atoms with Gasteiger partial charge < -0.3 is 30.1 Å². The lowest BCUT2D eigenvalue weighted by molar-refractivity contribution is -0.133. The summed E-state index contributed by atoms with van der Waals surface area (Å²) in [6.45, 7) is 3.76. The van der Waals surface area contributed by atoms with E-state index < -0.39 is 29.9 Å². The van der Waals surface area contributed by atoms with Crippen LogP contribution in [0.15, 0.2) is 72.5 Å². The van der Waals surface area contributed by atoms with E-state index in [2.05, 4.69) is 30.8 Å². The molecule has 0 bridgehead atoms. The number of carbonyl (C=O) groups is 4. The van der Waals surface area contributed by atoms with E-state index >= 15 is 8.78 Å². The number of halogens is 2.